The summed E-state index contributed by atoms with van der Waals surface area (Å²) in [7, 11) is 0. The molecular formula is C17H18S. The molecule has 1 heterocycles. The van der Waals surface area contributed by atoms with E-state index < -0.39 is 0 Å². The van der Waals surface area contributed by atoms with E-state index in [2.05, 4.69) is 56.3 Å². The number of rotatable bonds is 2. The second-order valence-corrected chi connectivity index (χ2v) is 6.46. The Hall–Kier alpha value is -1.21. The molecule has 18 heavy (non-hydrogen) atoms. The minimum atomic E-state index is 0.721. The van der Waals surface area contributed by atoms with Crippen LogP contribution in [0.25, 0.3) is 0 Å². The van der Waals surface area contributed by atoms with Gasteiger partial charge in [-0.05, 0) is 47.6 Å². The lowest BCUT2D eigenvalue weighted by molar-refractivity contribution is 0.641. The molecule has 0 fully saturated rings. The molecule has 0 nitrogen and oxygen atoms in total. The molecule has 0 aromatic heterocycles. The average molecular weight is 254 g/mol. The van der Waals surface area contributed by atoms with Gasteiger partial charge in [0.25, 0.3) is 0 Å². The van der Waals surface area contributed by atoms with E-state index in [0.717, 1.165) is 12.3 Å². The number of hydrogen-bond donors (Lipinski definition) is 0. The summed E-state index contributed by atoms with van der Waals surface area (Å²) < 4.78 is 0. The van der Waals surface area contributed by atoms with Crippen LogP contribution in [-0.2, 0) is 12.8 Å². The van der Waals surface area contributed by atoms with Gasteiger partial charge in [0.1, 0.15) is 0 Å². The van der Waals surface area contributed by atoms with Crippen molar-refractivity contribution >= 4 is 11.8 Å². The van der Waals surface area contributed by atoms with E-state index in [0.29, 0.717) is 0 Å². The first kappa shape index (κ1) is 11.9. The molecule has 0 unspecified atom stereocenters. The van der Waals surface area contributed by atoms with Gasteiger partial charge in [-0.15, -0.1) is 0 Å². The highest BCUT2D eigenvalue weighted by atomic mass is 32.2. The Morgan fingerprint density at radius 3 is 2.61 bits per heavy atom. The maximum atomic E-state index is 2.30. The van der Waals surface area contributed by atoms with Gasteiger partial charge in [0.05, 0.1) is 0 Å². The summed E-state index contributed by atoms with van der Waals surface area (Å²) in [5, 5.41) is 0. The highest BCUT2D eigenvalue weighted by molar-refractivity contribution is 7.99. The van der Waals surface area contributed by atoms with E-state index in [1.807, 2.05) is 11.8 Å². The van der Waals surface area contributed by atoms with Gasteiger partial charge in [0.2, 0.25) is 0 Å². The second-order valence-electron chi connectivity index (χ2n) is 5.38. The zero-order valence-electron chi connectivity index (χ0n) is 10.9. The van der Waals surface area contributed by atoms with Crippen molar-refractivity contribution in [3.05, 3.63) is 59.2 Å². The van der Waals surface area contributed by atoms with Gasteiger partial charge in [-0.25, -0.2) is 0 Å². The van der Waals surface area contributed by atoms with Crippen molar-refractivity contribution in [1.29, 1.82) is 0 Å². The van der Waals surface area contributed by atoms with Crippen LogP contribution in [0.4, 0.5) is 0 Å². The Kier molecular flexibility index (Phi) is 3.17. The number of fused-ring (bicyclic) bond motifs is 2. The molecule has 0 spiro atoms. The SMILES string of the molecule is CC(C)Cc1cccc2c1Cc1ccccc1S2. The lowest BCUT2D eigenvalue weighted by Crippen LogP contribution is -2.05. The van der Waals surface area contributed by atoms with Crippen molar-refractivity contribution in [2.45, 2.75) is 36.5 Å². The zero-order chi connectivity index (χ0) is 12.5. The molecule has 1 aliphatic heterocycles. The number of hydrogen-bond acceptors (Lipinski definition) is 1. The lowest BCUT2D eigenvalue weighted by Gasteiger charge is -2.22. The van der Waals surface area contributed by atoms with Crippen molar-refractivity contribution in [1.82, 2.24) is 0 Å². The summed E-state index contributed by atoms with van der Waals surface area (Å²) in [6.07, 6.45) is 2.29. The quantitative estimate of drug-likeness (QED) is 0.624. The third kappa shape index (κ3) is 2.20. The highest BCUT2D eigenvalue weighted by Gasteiger charge is 2.18. The van der Waals surface area contributed by atoms with Gasteiger partial charge >= 0.3 is 0 Å². The van der Waals surface area contributed by atoms with Gasteiger partial charge in [-0.3, -0.25) is 0 Å². The van der Waals surface area contributed by atoms with Crippen molar-refractivity contribution in [3.8, 4) is 0 Å². The lowest BCUT2D eigenvalue weighted by atomic mass is 9.93. The molecule has 0 bridgehead atoms. The molecule has 92 valence electrons. The third-order valence-corrected chi connectivity index (χ3v) is 4.64. The summed E-state index contributed by atoms with van der Waals surface area (Å²) in [6, 6.07) is 15.5. The van der Waals surface area contributed by atoms with Crippen LogP contribution >= 0.6 is 11.8 Å². The Bertz CT molecular complexity index is 570. The molecule has 1 heteroatoms. The zero-order valence-corrected chi connectivity index (χ0v) is 11.8. The predicted molar refractivity (Wildman–Crippen MR) is 78.4 cm³/mol. The minimum Gasteiger partial charge on any atom is -0.0895 e. The van der Waals surface area contributed by atoms with Gasteiger partial charge in [0, 0.05) is 9.79 Å². The summed E-state index contributed by atoms with van der Waals surface area (Å²) in [5.74, 6) is 0.721. The molecular weight excluding hydrogens is 236 g/mol. The van der Waals surface area contributed by atoms with Crippen molar-refractivity contribution in [2.75, 3.05) is 0 Å². The van der Waals surface area contributed by atoms with Gasteiger partial charge in [0.15, 0.2) is 0 Å². The third-order valence-electron chi connectivity index (χ3n) is 3.42. The maximum absolute atomic E-state index is 2.30. The Balaban J connectivity index is 2.02. The fraction of sp³-hybridized carbons (Fsp3) is 0.294. The first-order valence-corrected chi connectivity index (χ1v) is 7.42. The van der Waals surface area contributed by atoms with E-state index in [-0.39, 0.29) is 0 Å². The van der Waals surface area contributed by atoms with E-state index in [1.54, 1.807) is 5.56 Å². The standard InChI is InChI=1S/C17H18S/c1-12(2)10-13-7-5-9-17-15(13)11-14-6-3-4-8-16(14)18-17/h3-9,12H,10-11H2,1-2H3. The van der Waals surface area contributed by atoms with Gasteiger partial charge < -0.3 is 0 Å². The van der Waals surface area contributed by atoms with Crippen LogP contribution in [0.5, 0.6) is 0 Å². The summed E-state index contributed by atoms with van der Waals surface area (Å²) in [4.78, 5) is 2.87. The van der Waals surface area contributed by atoms with E-state index >= 15 is 0 Å². The van der Waals surface area contributed by atoms with Crippen LogP contribution < -0.4 is 0 Å². The first-order valence-electron chi connectivity index (χ1n) is 6.60. The fourth-order valence-corrected chi connectivity index (χ4v) is 3.72. The van der Waals surface area contributed by atoms with Gasteiger partial charge in [-0.1, -0.05) is 55.9 Å². The molecule has 3 rings (SSSR count). The van der Waals surface area contributed by atoms with Crippen LogP contribution in [0.1, 0.15) is 30.5 Å². The summed E-state index contributed by atoms with van der Waals surface area (Å²) in [6.45, 7) is 4.59. The summed E-state index contributed by atoms with van der Waals surface area (Å²) in [5.41, 5.74) is 4.56. The van der Waals surface area contributed by atoms with Crippen LogP contribution in [0.15, 0.2) is 52.3 Å². The van der Waals surface area contributed by atoms with Crippen molar-refractivity contribution in [2.24, 2.45) is 5.92 Å². The average Bonchev–Trinajstić information content (AvgIpc) is 2.36. The highest BCUT2D eigenvalue weighted by Crippen LogP contribution is 2.40. The number of benzene rings is 2. The smallest absolute Gasteiger partial charge is 0.0160 e. The minimum absolute atomic E-state index is 0.721. The molecule has 2 aromatic rings. The van der Waals surface area contributed by atoms with Crippen LogP contribution in [0, 0.1) is 5.92 Å². The first-order chi connectivity index (χ1) is 8.74. The molecule has 1 aliphatic rings. The Labute approximate surface area is 113 Å². The monoisotopic (exact) mass is 254 g/mol. The second kappa shape index (κ2) is 4.81. The molecule has 2 aromatic carbocycles. The molecule has 0 saturated carbocycles. The Morgan fingerprint density at radius 2 is 1.78 bits per heavy atom. The van der Waals surface area contributed by atoms with Crippen molar-refractivity contribution in [3.63, 3.8) is 0 Å². The van der Waals surface area contributed by atoms with Crippen LogP contribution in [-0.4, -0.2) is 0 Å². The molecule has 0 amide bonds. The summed E-state index contributed by atoms with van der Waals surface area (Å²) >= 11 is 1.92. The fourth-order valence-electron chi connectivity index (χ4n) is 2.60. The van der Waals surface area contributed by atoms with Crippen LogP contribution in [0.2, 0.25) is 0 Å². The van der Waals surface area contributed by atoms with Gasteiger partial charge in [-0.2, -0.15) is 0 Å². The normalized spacial score (nSPS) is 13.3. The topological polar surface area (TPSA) is 0 Å². The molecule has 0 radical (unpaired) electrons. The molecule has 0 N–H and O–H groups in total. The van der Waals surface area contributed by atoms with E-state index in [4.69, 9.17) is 0 Å². The molecule has 0 saturated heterocycles. The van der Waals surface area contributed by atoms with E-state index in [9.17, 15) is 0 Å². The Morgan fingerprint density at radius 1 is 1.00 bits per heavy atom. The molecule has 0 aliphatic carbocycles. The largest absolute Gasteiger partial charge is 0.0895 e. The van der Waals surface area contributed by atoms with Crippen LogP contribution in [0.3, 0.4) is 0 Å². The maximum Gasteiger partial charge on any atom is 0.0160 e. The van der Waals surface area contributed by atoms with Crippen molar-refractivity contribution < 1.29 is 0 Å². The molecule has 0 atom stereocenters. The van der Waals surface area contributed by atoms with E-state index in [1.165, 1.54) is 27.3 Å². The predicted octanol–water partition coefficient (Wildman–Crippen LogP) is 4.94.